The molecule has 1 aliphatic rings. The molecule has 1 aromatic carbocycles. The van der Waals surface area contributed by atoms with Gasteiger partial charge in [-0.1, -0.05) is 12.1 Å². The Balaban J connectivity index is 1.77. The minimum Gasteiger partial charge on any atom is -0.358 e. The standard InChI is InChI=1S/C22H21F3N6O2/c1-12-9-13(2)31(29-12)21-27-17(11-18(28-21)26-16-7-8-30(3)20(16)33)19(32)14-5-4-6-15(10-14)22(23,24)25/h4-6,9-11,16H,7-8H2,1-3H3,(H,26,27,28). The van der Waals surface area contributed by atoms with Gasteiger partial charge in [0, 0.05) is 30.9 Å². The summed E-state index contributed by atoms with van der Waals surface area (Å²) in [7, 11) is 1.69. The molecule has 1 aliphatic heterocycles. The number of amides is 1. The Morgan fingerprint density at radius 3 is 2.52 bits per heavy atom. The molecule has 8 nitrogen and oxygen atoms in total. The van der Waals surface area contributed by atoms with Crippen LogP contribution in [-0.4, -0.2) is 56.0 Å². The molecule has 1 N–H and O–H groups in total. The highest BCUT2D eigenvalue weighted by Gasteiger charge is 2.32. The first kappa shape index (κ1) is 22.4. The van der Waals surface area contributed by atoms with Crippen LogP contribution in [-0.2, 0) is 11.0 Å². The van der Waals surface area contributed by atoms with Gasteiger partial charge in [0.05, 0.1) is 11.3 Å². The van der Waals surface area contributed by atoms with Crippen LogP contribution in [0, 0.1) is 13.8 Å². The second-order valence-corrected chi connectivity index (χ2v) is 7.93. The van der Waals surface area contributed by atoms with Crippen LogP contribution in [0.5, 0.6) is 0 Å². The summed E-state index contributed by atoms with van der Waals surface area (Å²) >= 11 is 0. The fourth-order valence-electron chi connectivity index (χ4n) is 3.67. The number of likely N-dealkylation sites (tertiary alicyclic amines) is 1. The topological polar surface area (TPSA) is 93.0 Å². The average Bonchev–Trinajstić information content (AvgIpc) is 3.27. The minimum atomic E-state index is -4.58. The molecule has 0 aliphatic carbocycles. The zero-order chi connectivity index (χ0) is 23.9. The quantitative estimate of drug-likeness (QED) is 0.591. The van der Waals surface area contributed by atoms with Crippen LogP contribution in [0.1, 0.15) is 39.4 Å². The SMILES string of the molecule is Cc1cc(C)n(-c2nc(NC3CCN(C)C3=O)cc(C(=O)c3cccc(C(F)(F)F)c3)n2)n1. The molecule has 1 atom stereocenters. The van der Waals surface area contributed by atoms with Crippen LogP contribution < -0.4 is 5.32 Å². The molecule has 4 rings (SSSR count). The molecule has 0 bridgehead atoms. The molecule has 1 amide bonds. The Hall–Kier alpha value is -3.76. The lowest BCUT2D eigenvalue weighted by Crippen LogP contribution is -2.31. The number of carbonyl (C=O) groups is 2. The maximum Gasteiger partial charge on any atom is 0.416 e. The number of benzene rings is 1. The number of halogens is 3. The summed E-state index contributed by atoms with van der Waals surface area (Å²) in [5, 5.41) is 7.35. The number of aryl methyl sites for hydroxylation is 2. The number of hydrogen-bond donors (Lipinski definition) is 1. The van der Waals surface area contributed by atoms with E-state index in [1.54, 1.807) is 31.9 Å². The van der Waals surface area contributed by atoms with Crippen molar-refractivity contribution in [1.29, 1.82) is 0 Å². The molecule has 3 aromatic rings. The number of anilines is 1. The number of likely N-dealkylation sites (N-methyl/N-ethyl adjacent to an activating group) is 1. The number of alkyl halides is 3. The van der Waals surface area contributed by atoms with Gasteiger partial charge in [0.1, 0.15) is 17.6 Å². The van der Waals surface area contributed by atoms with E-state index in [9.17, 15) is 22.8 Å². The van der Waals surface area contributed by atoms with E-state index in [1.165, 1.54) is 22.9 Å². The van der Waals surface area contributed by atoms with Gasteiger partial charge in [0.2, 0.25) is 11.7 Å². The van der Waals surface area contributed by atoms with Gasteiger partial charge in [-0.2, -0.15) is 23.3 Å². The number of nitrogens with one attached hydrogen (secondary N) is 1. The lowest BCUT2D eigenvalue weighted by molar-refractivity contribution is -0.137. The Morgan fingerprint density at radius 1 is 1.15 bits per heavy atom. The summed E-state index contributed by atoms with van der Waals surface area (Å²) < 4.78 is 40.8. The molecule has 2 aromatic heterocycles. The predicted octanol–water partition coefficient (Wildman–Crippen LogP) is 3.17. The summed E-state index contributed by atoms with van der Waals surface area (Å²) in [6, 6.07) is 6.76. The zero-order valence-corrected chi connectivity index (χ0v) is 18.1. The van der Waals surface area contributed by atoms with Gasteiger partial charge in [-0.3, -0.25) is 9.59 Å². The number of carbonyl (C=O) groups excluding carboxylic acids is 2. The minimum absolute atomic E-state index is 0.0692. The Bertz CT molecular complexity index is 1240. The highest BCUT2D eigenvalue weighted by atomic mass is 19.4. The van der Waals surface area contributed by atoms with Crippen molar-refractivity contribution in [2.45, 2.75) is 32.5 Å². The second kappa shape index (κ2) is 8.30. The van der Waals surface area contributed by atoms with Crippen LogP contribution in [0.25, 0.3) is 5.95 Å². The summed E-state index contributed by atoms with van der Waals surface area (Å²) in [6.07, 6.45) is -4.04. The van der Waals surface area contributed by atoms with Gasteiger partial charge >= 0.3 is 6.18 Å². The lowest BCUT2D eigenvalue weighted by atomic mass is 10.0. The van der Waals surface area contributed by atoms with Crippen molar-refractivity contribution in [3.05, 3.63) is 64.6 Å². The number of ketones is 1. The van der Waals surface area contributed by atoms with Gasteiger partial charge in [-0.25, -0.2) is 9.67 Å². The van der Waals surface area contributed by atoms with Crippen molar-refractivity contribution < 1.29 is 22.8 Å². The van der Waals surface area contributed by atoms with Crippen molar-refractivity contribution in [3.63, 3.8) is 0 Å². The van der Waals surface area contributed by atoms with Crippen LogP contribution in [0.3, 0.4) is 0 Å². The Morgan fingerprint density at radius 2 is 1.91 bits per heavy atom. The molecule has 3 heterocycles. The predicted molar refractivity (Wildman–Crippen MR) is 113 cm³/mol. The van der Waals surface area contributed by atoms with E-state index in [1.807, 2.05) is 0 Å². The Labute approximate surface area is 187 Å². The van der Waals surface area contributed by atoms with Gasteiger partial charge in [-0.05, 0) is 38.5 Å². The average molecular weight is 458 g/mol. The number of aromatic nitrogens is 4. The van der Waals surface area contributed by atoms with Crippen LogP contribution in [0.2, 0.25) is 0 Å². The van der Waals surface area contributed by atoms with Crippen molar-refractivity contribution in [1.82, 2.24) is 24.6 Å². The van der Waals surface area contributed by atoms with E-state index in [-0.39, 0.29) is 28.9 Å². The molecule has 1 unspecified atom stereocenters. The van der Waals surface area contributed by atoms with E-state index in [0.29, 0.717) is 24.4 Å². The molecule has 1 fully saturated rings. The molecule has 33 heavy (non-hydrogen) atoms. The third-order valence-electron chi connectivity index (χ3n) is 5.35. The number of hydrogen-bond acceptors (Lipinski definition) is 6. The van der Waals surface area contributed by atoms with E-state index in [0.717, 1.165) is 12.1 Å². The summed E-state index contributed by atoms with van der Waals surface area (Å²) in [5.74, 6) is -0.549. The molecule has 11 heteroatoms. The van der Waals surface area contributed by atoms with Gasteiger partial charge in [0.25, 0.3) is 5.95 Å². The van der Waals surface area contributed by atoms with E-state index < -0.39 is 23.6 Å². The molecule has 0 saturated carbocycles. The van der Waals surface area contributed by atoms with Crippen molar-refractivity contribution in [3.8, 4) is 5.95 Å². The largest absolute Gasteiger partial charge is 0.416 e. The normalized spacial score (nSPS) is 16.4. The Kier molecular flexibility index (Phi) is 5.64. The smallest absolute Gasteiger partial charge is 0.358 e. The maximum atomic E-state index is 13.1. The summed E-state index contributed by atoms with van der Waals surface area (Å²) in [4.78, 5) is 35.7. The van der Waals surface area contributed by atoms with Crippen molar-refractivity contribution in [2.24, 2.45) is 0 Å². The van der Waals surface area contributed by atoms with E-state index >= 15 is 0 Å². The second-order valence-electron chi connectivity index (χ2n) is 7.93. The molecular formula is C22H21F3N6O2. The highest BCUT2D eigenvalue weighted by Crippen LogP contribution is 2.30. The third kappa shape index (κ3) is 4.57. The monoisotopic (exact) mass is 458 g/mol. The van der Waals surface area contributed by atoms with Crippen LogP contribution in [0.15, 0.2) is 36.4 Å². The summed E-state index contributed by atoms with van der Waals surface area (Å²) in [6.45, 7) is 4.14. The van der Waals surface area contributed by atoms with Crippen molar-refractivity contribution in [2.75, 3.05) is 18.9 Å². The van der Waals surface area contributed by atoms with Gasteiger partial charge in [0.15, 0.2) is 0 Å². The summed E-state index contributed by atoms with van der Waals surface area (Å²) in [5.41, 5.74) is 0.198. The highest BCUT2D eigenvalue weighted by molar-refractivity contribution is 6.08. The lowest BCUT2D eigenvalue weighted by Gasteiger charge is -2.15. The number of rotatable bonds is 5. The number of nitrogens with zero attached hydrogens (tertiary/aromatic N) is 5. The van der Waals surface area contributed by atoms with E-state index in [2.05, 4.69) is 20.4 Å². The molecule has 0 radical (unpaired) electrons. The van der Waals surface area contributed by atoms with Crippen molar-refractivity contribution >= 4 is 17.5 Å². The van der Waals surface area contributed by atoms with Gasteiger partial charge < -0.3 is 10.2 Å². The molecule has 1 saturated heterocycles. The molecule has 172 valence electrons. The maximum absolute atomic E-state index is 13.1. The van der Waals surface area contributed by atoms with Gasteiger partial charge in [-0.15, -0.1) is 0 Å². The first-order valence-corrected chi connectivity index (χ1v) is 10.2. The fraction of sp³-hybridized carbons (Fsp3) is 0.318. The molecular weight excluding hydrogens is 437 g/mol. The first-order valence-electron chi connectivity index (χ1n) is 10.2. The van der Waals surface area contributed by atoms with Crippen LogP contribution in [0.4, 0.5) is 19.0 Å². The fourth-order valence-corrected chi connectivity index (χ4v) is 3.67. The first-order chi connectivity index (χ1) is 15.5. The third-order valence-corrected chi connectivity index (χ3v) is 5.35. The van der Waals surface area contributed by atoms with Crippen LogP contribution >= 0.6 is 0 Å². The molecule has 0 spiro atoms. The zero-order valence-electron chi connectivity index (χ0n) is 18.1. The van der Waals surface area contributed by atoms with E-state index in [4.69, 9.17) is 0 Å².